The van der Waals surface area contributed by atoms with Crippen LogP contribution in [-0.4, -0.2) is 18.1 Å². The van der Waals surface area contributed by atoms with E-state index >= 15 is 0 Å². The van der Waals surface area contributed by atoms with Gasteiger partial charge in [0.05, 0.1) is 12.0 Å². The van der Waals surface area contributed by atoms with Gasteiger partial charge in [-0.25, -0.2) is 4.79 Å². The molecule has 1 saturated carbocycles. The lowest BCUT2D eigenvalue weighted by molar-refractivity contribution is -0.869. The van der Waals surface area contributed by atoms with Crippen LogP contribution in [0.3, 0.4) is 0 Å². The molecule has 4 nitrogen and oxygen atoms in total. The van der Waals surface area contributed by atoms with Crippen LogP contribution in [0.25, 0.3) is 0 Å². The van der Waals surface area contributed by atoms with E-state index in [4.69, 9.17) is 9.02 Å². The molecule has 0 saturated heterocycles. The average molecular weight is 296 g/mol. The number of ether oxygens (including phenoxy) is 1. The Labute approximate surface area is 124 Å². The fourth-order valence-corrected chi connectivity index (χ4v) is 2.67. The van der Waals surface area contributed by atoms with Crippen molar-refractivity contribution in [2.75, 3.05) is 0 Å². The second kappa shape index (κ2) is 7.67. The second-order valence-corrected chi connectivity index (χ2v) is 6.09. The van der Waals surface area contributed by atoms with Crippen LogP contribution >= 0.6 is 12.0 Å². The largest absolute Gasteiger partial charge is 0.458 e. The minimum absolute atomic E-state index is 0.114. The number of hydroxylamine groups is 1. The quantitative estimate of drug-likeness (QED) is 0.497. The van der Waals surface area contributed by atoms with Crippen LogP contribution in [0.1, 0.15) is 38.2 Å². The summed E-state index contributed by atoms with van der Waals surface area (Å²) in [6.07, 6.45) is 4.43. The van der Waals surface area contributed by atoms with Crippen LogP contribution in [0.15, 0.2) is 29.2 Å². The van der Waals surface area contributed by atoms with E-state index in [2.05, 4.69) is 0 Å². The lowest BCUT2D eigenvalue weighted by Gasteiger charge is -2.13. The minimum Gasteiger partial charge on any atom is -0.458 e. The highest BCUT2D eigenvalue weighted by Gasteiger charge is 2.25. The number of carbonyl (C=O) groups is 1. The Bertz CT molecular complexity index is 429. The molecule has 0 heterocycles. The van der Waals surface area contributed by atoms with Gasteiger partial charge in [0, 0.05) is 11.8 Å². The molecule has 0 spiro atoms. The monoisotopic (exact) mass is 296 g/mol. The van der Waals surface area contributed by atoms with E-state index in [-0.39, 0.29) is 18.1 Å². The first-order chi connectivity index (χ1) is 9.65. The Hall–Kier alpha value is -1.04. The van der Waals surface area contributed by atoms with E-state index in [0.29, 0.717) is 0 Å². The normalized spacial score (nSPS) is 17.1. The standard InChI is InChI=1S/C15H21NO3S/c1-11-7-9-14(10-8-11)20-19-16-12(2)15(17)18-13-5-3-4-6-13/h7-10,12-13,16H,3-6H2,1-2H3/p+1. The van der Waals surface area contributed by atoms with Gasteiger partial charge in [-0.3, -0.25) is 0 Å². The summed E-state index contributed by atoms with van der Waals surface area (Å²) >= 11 is 1.25. The highest BCUT2D eigenvalue weighted by molar-refractivity contribution is 7.94. The average Bonchev–Trinajstić information content (AvgIpc) is 2.93. The summed E-state index contributed by atoms with van der Waals surface area (Å²) in [5.74, 6) is -0.193. The van der Waals surface area contributed by atoms with E-state index < -0.39 is 0 Å². The summed E-state index contributed by atoms with van der Waals surface area (Å²) in [6.45, 7) is 3.84. The van der Waals surface area contributed by atoms with Crippen LogP contribution in [0.2, 0.25) is 0 Å². The predicted octanol–water partition coefficient (Wildman–Crippen LogP) is 2.37. The third-order valence-corrected chi connectivity index (χ3v) is 4.05. The summed E-state index contributed by atoms with van der Waals surface area (Å²) < 4.78 is 10.8. The minimum atomic E-state index is -0.339. The molecule has 0 amide bonds. The predicted molar refractivity (Wildman–Crippen MR) is 77.9 cm³/mol. The summed E-state index contributed by atoms with van der Waals surface area (Å²) in [6, 6.07) is 7.71. The van der Waals surface area contributed by atoms with Gasteiger partial charge in [0.15, 0.2) is 0 Å². The molecular formula is C15H22NO3S+. The van der Waals surface area contributed by atoms with Crippen LogP contribution in [0.4, 0.5) is 0 Å². The third kappa shape index (κ3) is 4.81. The van der Waals surface area contributed by atoms with Crippen LogP contribution < -0.4 is 5.48 Å². The zero-order valence-corrected chi connectivity index (χ0v) is 12.8. The molecule has 2 N–H and O–H groups in total. The summed E-state index contributed by atoms with van der Waals surface area (Å²) in [5, 5.41) is 0. The number of quaternary nitrogens is 1. The van der Waals surface area contributed by atoms with E-state index in [1.165, 1.54) is 17.6 Å². The number of aryl methyl sites for hydroxylation is 1. The fourth-order valence-electron chi connectivity index (χ4n) is 2.09. The molecule has 1 fully saturated rings. The molecule has 5 heteroatoms. The van der Waals surface area contributed by atoms with Gasteiger partial charge in [-0.05, 0) is 44.7 Å². The molecule has 0 bridgehead atoms. The molecule has 0 aliphatic heterocycles. The fraction of sp³-hybridized carbons (Fsp3) is 0.533. The van der Waals surface area contributed by atoms with Crippen molar-refractivity contribution in [1.82, 2.24) is 0 Å². The highest BCUT2D eigenvalue weighted by Crippen LogP contribution is 2.21. The van der Waals surface area contributed by atoms with Gasteiger partial charge in [0.2, 0.25) is 6.04 Å². The van der Waals surface area contributed by atoms with Crippen molar-refractivity contribution in [3.8, 4) is 0 Å². The van der Waals surface area contributed by atoms with Crippen molar-refractivity contribution in [2.24, 2.45) is 0 Å². The summed E-state index contributed by atoms with van der Waals surface area (Å²) in [4.78, 5) is 12.9. The van der Waals surface area contributed by atoms with E-state index in [1.54, 1.807) is 12.4 Å². The number of esters is 1. The maximum atomic E-state index is 11.8. The van der Waals surface area contributed by atoms with Gasteiger partial charge in [-0.2, -0.15) is 5.48 Å². The summed E-state index contributed by atoms with van der Waals surface area (Å²) in [5.41, 5.74) is 2.76. The second-order valence-electron chi connectivity index (χ2n) is 5.26. The van der Waals surface area contributed by atoms with Gasteiger partial charge in [-0.1, -0.05) is 17.7 Å². The van der Waals surface area contributed by atoms with E-state index in [1.807, 2.05) is 31.2 Å². The van der Waals surface area contributed by atoms with Gasteiger partial charge < -0.3 is 4.74 Å². The van der Waals surface area contributed by atoms with E-state index in [9.17, 15) is 4.79 Å². The Morgan fingerprint density at radius 1 is 1.30 bits per heavy atom. The van der Waals surface area contributed by atoms with E-state index in [0.717, 1.165) is 30.6 Å². The van der Waals surface area contributed by atoms with Gasteiger partial charge in [-0.15, -0.1) is 4.28 Å². The van der Waals surface area contributed by atoms with Gasteiger partial charge in [0.25, 0.3) is 0 Å². The summed E-state index contributed by atoms with van der Waals surface area (Å²) in [7, 11) is 0. The molecular weight excluding hydrogens is 274 g/mol. The molecule has 110 valence electrons. The van der Waals surface area contributed by atoms with Gasteiger partial charge >= 0.3 is 5.97 Å². The maximum absolute atomic E-state index is 11.8. The zero-order valence-electron chi connectivity index (χ0n) is 12.0. The molecule has 2 rings (SSSR count). The smallest absolute Gasteiger partial charge is 0.367 e. The first-order valence-corrected chi connectivity index (χ1v) is 7.83. The van der Waals surface area contributed by atoms with Crippen LogP contribution in [0, 0.1) is 6.92 Å². The van der Waals surface area contributed by atoms with Crippen LogP contribution in [0.5, 0.6) is 0 Å². The Balaban J connectivity index is 1.67. The van der Waals surface area contributed by atoms with Crippen molar-refractivity contribution >= 4 is 18.0 Å². The Morgan fingerprint density at radius 2 is 1.95 bits per heavy atom. The van der Waals surface area contributed by atoms with Crippen molar-refractivity contribution < 1.29 is 19.3 Å². The molecule has 1 atom stereocenters. The van der Waals surface area contributed by atoms with Crippen molar-refractivity contribution in [2.45, 2.75) is 56.6 Å². The Morgan fingerprint density at radius 3 is 2.60 bits per heavy atom. The van der Waals surface area contributed by atoms with Crippen molar-refractivity contribution in [1.29, 1.82) is 0 Å². The molecule has 1 aromatic carbocycles. The number of hydrogen-bond acceptors (Lipinski definition) is 4. The first-order valence-electron chi connectivity index (χ1n) is 7.09. The molecule has 0 radical (unpaired) electrons. The van der Waals surface area contributed by atoms with Crippen LogP contribution in [-0.2, 0) is 13.8 Å². The third-order valence-electron chi connectivity index (χ3n) is 3.38. The number of hydrogen-bond donors (Lipinski definition) is 1. The molecule has 1 aliphatic carbocycles. The van der Waals surface area contributed by atoms with Crippen molar-refractivity contribution in [3.05, 3.63) is 29.8 Å². The molecule has 1 aromatic rings. The molecule has 20 heavy (non-hydrogen) atoms. The molecule has 0 aromatic heterocycles. The maximum Gasteiger partial charge on any atom is 0.367 e. The van der Waals surface area contributed by atoms with Crippen molar-refractivity contribution in [3.63, 3.8) is 0 Å². The number of nitrogens with two attached hydrogens (primary N) is 1. The number of benzene rings is 1. The molecule has 1 aliphatic rings. The Kier molecular flexibility index (Phi) is 5.88. The number of carbonyl (C=O) groups excluding carboxylic acids is 1. The number of rotatable bonds is 6. The first kappa shape index (κ1) is 15.4. The van der Waals surface area contributed by atoms with Gasteiger partial charge in [0.1, 0.15) is 6.10 Å². The highest BCUT2D eigenvalue weighted by atomic mass is 32.2. The SMILES string of the molecule is Cc1ccc(SO[NH2+]C(C)C(=O)OC2CCCC2)cc1. The molecule has 1 unspecified atom stereocenters. The zero-order chi connectivity index (χ0) is 14.4. The lowest BCUT2D eigenvalue weighted by atomic mass is 10.2. The lowest BCUT2D eigenvalue weighted by Crippen LogP contribution is -2.89. The topological polar surface area (TPSA) is 52.1 Å².